The Hall–Kier alpha value is -2.93. The first kappa shape index (κ1) is 26.1. The highest BCUT2D eigenvalue weighted by atomic mass is 16.4. The molecule has 1 rings (SSSR count). The van der Waals surface area contributed by atoms with Gasteiger partial charge in [0.25, 0.3) is 0 Å². The van der Waals surface area contributed by atoms with E-state index in [9.17, 15) is 29.4 Å². The smallest absolute Gasteiger partial charge is 0.326 e. The van der Waals surface area contributed by atoms with Crippen molar-refractivity contribution in [3.8, 4) is 0 Å². The zero-order chi connectivity index (χ0) is 23.7. The molecule has 0 spiro atoms. The fraction of sp³-hybridized carbons (Fsp3) is 0.722. The largest absolute Gasteiger partial charge is 0.480 e. The van der Waals surface area contributed by atoms with Gasteiger partial charge >= 0.3 is 5.97 Å². The van der Waals surface area contributed by atoms with E-state index in [0.29, 0.717) is 19.3 Å². The minimum absolute atomic E-state index is 0.120. The van der Waals surface area contributed by atoms with Gasteiger partial charge in [-0.1, -0.05) is 0 Å². The van der Waals surface area contributed by atoms with E-state index in [4.69, 9.17) is 17.2 Å². The number of aliphatic hydroxyl groups excluding tert-OH is 1. The molecule has 1 aliphatic rings. The summed E-state index contributed by atoms with van der Waals surface area (Å²) in [6.45, 7) is 3.17. The third-order valence-electron chi connectivity index (χ3n) is 4.86. The summed E-state index contributed by atoms with van der Waals surface area (Å²) >= 11 is 0. The molecule has 0 bridgehead atoms. The highest BCUT2D eigenvalue weighted by Gasteiger charge is 2.38. The van der Waals surface area contributed by atoms with Crippen LogP contribution in [0.4, 0.5) is 0 Å². The predicted molar refractivity (Wildman–Crippen MR) is 111 cm³/mol. The minimum Gasteiger partial charge on any atom is -0.480 e. The van der Waals surface area contributed by atoms with Crippen molar-refractivity contribution in [3.05, 3.63) is 0 Å². The fourth-order valence-corrected chi connectivity index (χ4v) is 3.20. The number of likely N-dealkylation sites (tertiary alicyclic amines) is 1. The lowest BCUT2D eigenvalue weighted by atomic mass is 10.1. The number of carboxylic acids is 1. The molecule has 13 nitrogen and oxygen atoms in total. The van der Waals surface area contributed by atoms with Crippen molar-refractivity contribution < 1.29 is 29.4 Å². The quantitative estimate of drug-likeness (QED) is 0.0968. The number of carbonyl (C=O) groups is 4. The van der Waals surface area contributed by atoms with Crippen molar-refractivity contribution in [1.29, 1.82) is 0 Å². The van der Waals surface area contributed by atoms with Crippen LogP contribution < -0.4 is 27.8 Å². The number of aliphatic hydroxyl groups is 1. The first-order valence-corrected chi connectivity index (χ1v) is 10.1. The number of carboxylic acid groups (broad SMARTS) is 1. The maximum absolute atomic E-state index is 13.0. The number of nitrogens with two attached hydrogens (primary N) is 3. The Labute approximate surface area is 180 Å². The first-order chi connectivity index (χ1) is 14.5. The highest BCUT2D eigenvalue weighted by Crippen LogP contribution is 2.19. The Kier molecular flexibility index (Phi) is 10.1. The van der Waals surface area contributed by atoms with E-state index in [1.165, 1.54) is 18.7 Å². The number of nitrogens with one attached hydrogen (secondary N) is 2. The van der Waals surface area contributed by atoms with Crippen molar-refractivity contribution in [3.63, 3.8) is 0 Å². The molecule has 13 heteroatoms. The summed E-state index contributed by atoms with van der Waals surface area (Å²) in [5, 5.41) is 24.2. The van der Waals surface area contributed by atoms with Crippen molar-refractivity contribution in [2.45, 2.75) is 69.8 Å². The SMILES string of the molecule is CC(N)C(=O)NC(C(=O)NC(CCCN=C(N)N)C(=O)N1CCCC1C(=O)O)C(C)O. The Morgan fingerprint density at radius 2 is 1.81 bits per heavy atom. The molecule has 1 saturated heterocycles. The summed E-state index contributed by atoms with van der Waals surface area (Å²) in [6.07, 6.45) is 0.0248. The maximum Gasteiger partial charge on any atom is 0.326 e. The molecule has 5 atom stereocenters. The van der Waals surface area contributed by atoms with Crippen LogP contribution in [0.3, 0.4) is 0 Å². The zero-order valence-electron chi connectivity index (χ0n) is 17.8. The second-order valence-corrected chi connectivity index (χ2v) is 7.55. The summed E-state index contributed by atoms with van der Waals surface area (Å²) < 4.78 is 0. The van der Waals surface area contributed by atoms with Crippen LogP contribution in [-0.2, 0) is 19.2 Å². The van der Waals surface area contributed by atoms with Gasteiger partial charge in [0.2, 0.25) is 17.7 Å². The van der Waals surface area contributed by atoms with E-state index < -0.39 is 54.0 Å². The Morgan fingerprint density at radius 1 is 1.16 bits per heavy atom. The summed E-state index contributed by atoms with van der Waals surface area (Å²) in [7, 11) is 0. The lowest BCUT2D eigenvalue weighted by molar-refractivity contribution is -0.149. The molecule has 0 aliphatic carbocycles. The van der Waals surface area contributed by atoms with E-state index in [0.717, 1.165) is 0 Å². The molecule has 1 fully saturated rings. The van der Waals surface area contributed by atoms with E-state index in [2.05, 4.69) is 15.6 Å². The van der Waals surface area contributed by atoms with Gasteiger partial charge in [-0.05, 0) is 39.5 Å². The molecule has 5 unspecified atom stereocenters. The number of aliphatic imine (C=N–C) groups is 1. The van der Waals surface area contributed by atoms with Crippen molar-refractivity contribution in [1.82, 2.24) is 15.5 Å². The maximum atomic E-state index is 13.0. The molecule has 0 aromatic heterocycles. The molecule has 3 amide bonds. The van der Waals surface area contributed by atoms with Crippen LogP contribution >= 0.6 is 0 Å². The second kappa shape index (κ2) is 12.1. The van der Waals surface area contributed by atoms with Gasteiger partial charge in [-0.25, -0.2) is 4.79 Å². The lowest BCUT2D eigenvalue weighted by Crippen LogP contribution is -2.59. The number of guanidine groups is 1. The van der Waals surface area contributed by atoms with Crippen molar-refractivity contribution in [2.24, 2.45) is 22.2 Å². The Balaban J connectivity index is 2.99. The molecule has 1 heterocycles. The van der Waals surface area contributed by atoms with E-state index >= 15 is 0 Å². The van der Waals surface area contributed by atoms with Crippen LogP contribution in [0, 0.1) is 0 Å². The summed E-state index contributed by atoms with van der Waals surface area (Å²) in [6, 6.07) is -4.32. The fourth-order valence-electron chi connectivity index (χ4n) is 3.20. The molecule has 10 N–H and O–H groups in total. The summed E-state index contributed by atoms with van der Waals surface area (Å²) in [5.74, 6) is -3.25. The number of aliphatic carboxylic acids is 1. The molecule has 31 heavy (non-hydrogen) atoms. The van der Waals surface area contributed by atoms with Gasteiger partial charge in [0.15, 0.2) is 5.96 Å². The van der Waals surface area contributed by atoms with E-state index in [-0.39, 0.29) is 25.5 Å². The van der Waals surface area contributed by atoms with E-state index in [1.54, 1.807) is 0 Å². The van der Waals surface area contributed by atoms with Crippen LogP contribution in [0.5, 0.6) is 0 Å². The normalized spacial score (nSPS) is 19.6. The van der Waals surface area contributed by atoms with Crippen LogP contribution in [0.25, 0.3) is 0 Å². The number of hydrogen-bond acceptors (Lipinski definition) is 7. The Morgan fingerprint density at radius 3 is 2.32 bits per heavy atom. The molecule has 0 radical (unpaired) electrons. The summed E-state index contributed by atoms with van der Waals surface area (Å²) in [5.41, 5.74) is 16.1. The van der Waals surface area contributed by atoms with Crippen LogP contribution in [0.15, 0.2) is 4.99 Å². The average molecular weight is 444 g/mol. The first-order valence-electron chi connectivity index (χ1n) is 10.1. The lowest BCUT2D eigenvalue weighted by Gasteiger charge is -2.29. The van der Waals surface area contributed by atoms with Crippen LogP contribution in [-0.4, -0.2) is 88.1 Å². The zero-order valence-corrected chi connectivity index (χ0v) is 17.8. The molecule has 176 valence electrons. The minimum atomic E-state index is -1.35. The van der Waals surface area contributed by atoms with Gasteiger partial charge in [-0.2, -0.15) is 0 Å². The van der Waals surface area contributed by atoms with Gasteiger partial charge in [0, 0.05) is 13.1 Å². The average Bonchev–Trinajstić information content (AvgIpc) is 3.17. The van der Waals surface area contributed by atoms with Crippen LogP contribution in [0.1, 0.15) is 39.5 Å². The monoisotopic (exact) mass is 443 g/mol. The van der Waals surface area contributed by atoms with Crippen molar-refractivity contribution >= 4 is 29.7 Å². The number of amides is 3. The summed E-state index contributed by atoms with van der Waals surface area (Å²) in [4.78, 5) is 54.2. The molecular formula is C18H33N7O6. The molecule has 0 aromatic carbocycles. The van der Waals surface area contributed by atoms with E-state index in [1.807, 2.05) is 0 Å². The van der Waals surface area contributed by atoms with Gasteiger partial charge in [-0.15, -0.1) is 0 Å². The Bertz CT molecular complexity index is 693. The van der Waals surface area contributed by atoms with Crippen molar-refractivity contribution in [2.75, 3.05) is 13.1 Å². The van der Waals surface area contributed by atoms with Gasteiger partial charge < -0.3 is 42.9 Å². The topological polar surface area (TPSA) is 226 Å². The molecule has 0 saturated carbocycles. The third-order valence-corrected chi connectivity index (χ3v) is 4.86. The molecule has 1 aliphatic heterocycles. The van der Waals surface area contributed by atoms with Gasteiger partial charge in [0.1, 0.15) is 18.1 Å². The number of nitrogens with zero attached hydrogens (tertiary/aromatic N) is 2. The number of hydrogen-bond donors (Lipinski definition) is 7. The molecule has 0 aromatic rings. The standard InChI is InChI=1S/C18H33N7O6/c1-9(19)14(27)24-13(10(2)26)15(28)23-11(5-3-7-22-18(20)21)16(29)25-8-4-6-12(25)17(30)31/h9-13,26H,3-8,19H2,1-2H3,(H,23,28)(H,24,27)(H,30,31)(H4,20,21,22). The van der Waals surface area contributed by atoms with Gasteiger partial charge in [-0.3, -0.25) is 19.4 Å². The predicted octanol–water partition coefficient (Wildman–Crippen LogP) is -3.19. The number of carbonyl (C=O) groups excluding carboxylic acids is 3. The second-order valence-electron chi connectivity index (χ2n) is 7.55. The van der Waals surface area contributed by atoms with Crippen LogP contribution in [0.2, 0.25) is 0 Å². The highest BCUT2D eigenvalue weighted by molar-refractivity contribution is 5.94. The number of rotatable bonds is 11. The third kappa shape index (κ3) is 8.02. The molecular weight excluding hydrogens is 410 g/mol. The van der Waals surface area contributed by atoms with Gasteiger partial charge in [0.05, 0.1) is 12.1 Å².